The molecule has 0 amide bonds. The maximum absolute atomic E-state index is 8.07. The SMILES string of the molecule is CC(C)O.CCCCO.O. The van der Waals surface area contributed by atoms with Crippen molar-refractivity contribution in [2.75, 3.05) is 6.61 Å². The number of aliphatic hydroxyl groups is 2. The van der Waals surface area contributed by atoms with Crippen LogP contribution >= 0.6 is 0 Å². The minimum atomic E-state index is -0.167. The van der Waals surface area contributed by atoms with E-state index in [0.29, 0.717) is 6.61 Å². The van der Waals surface area contributed by atoms with E-state index in [4.69, 9.17) is 10.2 Å². The number of unbranched alkanes of at least 4 members (excludes halogenated alkanes) is 1. The Kier molecular flexibility index (Phi) is 26.2. The van der Waals surface area contributed by atoms with Crippen molar-refractivity contribution in [3.8, 4) is 0 Å². The molecule has 0 aliphatic rings. The van der Waals surface area contributed by atoms with Crippen LogP contribution in [-0.4, -0.2) is 28.4 Å². The second kappa shape index (κ2) is 15.9. The lowest BCUT2D eigenvalue weighted by molar-refractivity contribution is 0.216. The van der Waals surface area contributed by atoms with E-state index >= 15 is 0 Å². The van der Waals surface area contributed by atoms with Gasteiger partial charge in [-0.25, -0.2) is 0 Å². The van der Waals surface area contributed by atoms with Gasteiger partial charge in [0.25, 0.3) is 0 Å². The normalized spacial score (nSPS) is 7.80. The van der Waals surface area contributed by atoms with Crippen LogP contribution in [0.3, 0.4) is 0 Å². The summed E-state index contributed by atoms with van der Waals surface area (Å²) in [7, 11) is 0. The van der Waals surface area contributed by atoms with Gasteiger partial charge in [-0.1, -0.05) is 13.3 Å². The zero-order valence-corrected chi connectivity index (χ0v) is 7.09. The van der Waals surface area contributed by atoms with Gasteiger partial charge in [-0.15, -0.1) is 0 Å². The summed E-state index contributed by atoms with van der Waals surface area (Å²) in [5.74, 6) is 0. The van der Waals surface area contributed by atoms with Crippen LogP contribution in [0.1, 0.15) is 33.6 Å². The van der Waals surface area contributed by atoms with Gasteiger partial charge in [0.15, 0.2) is 0 Å². The molecule has 3 nitrogen and oxygen atoms in total. The van der Waals surface area contributed by atoms with Gasteiger partial charge in [0.2, 0.25) is 0 Å². The molecule has 10 heavy (non-hydrogen) atoms. The van der Waals surface area contributed by atoms with Gasteiger partial charge in [-0.3, -0.25) is 0 Å². The quantitative estimate of drug-likeness (QED) is 0.599. The lowest BCUT2D eigenvalue weighted by Crippen LogP contribution is -1.85. The molecule has 0 heterocycles. The van der Waals surface area contributed by atoms with Crippen molar-refractivity contribution in [3.63, 3.8) is 0 Å². The molecule has 0 saturated heterocycles. The molecular formula is C7H20O3. The van der Waals surface area contributed by atoms with Crippen molar-refractivity contribution >= 4 is 0 Å². The fraction of sp³-hybridized carbons (Fsp3) is 1.00. The minimum absolute atomic E-state index is 0. The van der Waals surface area contributed by atoms with Crippen molar-refractivity contribution in [2.45, 2.75) is 39.7 Å². The van der Waals surface area contributed by atoms with Crippen molar-refractivity contribution in [3.05, 3.63) is 0 Å². The summed E-state index contributed by atoms with van der Waals surface area (Å²) < 4.78 is 0. The minimum Gasteiger partial charge on any atom is -0.412 e. The molecule has 0 rings (SSSR count). The molecule has 0 bridgehead atoms. The Bertz CT molecular complexity index is 33.1. The molecule has 0 aromatic rings. The Morgan fingerprint density at radius 1 is 1.30 bits per heavy atom. The molecule has 0 fully saturated rings. The summed E-state index contributed by atoms with van der Waals surface area (Å²) >= 11 is 0. The Morgan fingerprint density at radius 2 is 1.60 bits per heavy atom. The van der Waals surface area contributed by atoms with Gasteiger partial charge in [-0.05, 0) is 20.3 Å². The fourth-order valence-corrected chi connectivity index (χ4v) is 0.158. The molecule has 0 aromatic heterocycles. The maximum Gasteiger partial charge on any atom is 0.0483 e. The van der Waals surface area contributed by atoms with E-state index < -0.39 is 0 Å². The van der Waals surface area contributed by atoms with Gasteiger partial charge in [0, 0.05) is 12.7 Å². The predicted molar refractivity (Wildman–Crippen MR) is 43.0 cm³/mol. The van der Waals surface area contributed by atoms with Crippen molar-refractivity contribution in [2.24, 2.45) is 0 Å². The Labute approximate surface area is 63.0 Å². The summed E-state index contributed by atoms with van der Waals surface area (Å²) in [4.78, 5) is 0. The first-order valence-corrected chi connectivity index (χ1v) is 3.44. The predicted octanol–water partition coefficient (Wildman–Crippen LogP) is 0.341. The molecule has 0 radical (unpaired) electrons. The Hall–Kier alpha value is -0.120. The van der Waals surface area contributed by atoms with E-state index in [1.807, 2.05) is 0 Å². The van der Waals surface area contributed by atoms with Crippen LogP contribution in [0.2, 0.25) is 0 Å². The monoisotopic (exact) mass is 152 g/mol. The highest BCUT2D eigenvalue weighted by molar-refractivity contribution is 4.23. The lowest BCUT2D eigenvalue weighted by Gasteiger charge is -1.80. The molecule has 0 aliphatic carbocycles. The van der Waals surface area contributed by atoms with Crippen LogP contribution in [0.5, 0.6) is 0 Å². The lowest BCUT2D eigenvalue weighted by atomic mass is 10.4. The standard InChI is InChI=1S/C4H10O.C3H8O.H2O/c1-2-3-4-5;1-3(2)4;/h5H,2-4H2,1H3;3-4H,1-2H3;1H2. The molecule has 4 N–H and O–H groups in total. The molecule has 3 heteroatoms. The second-order valence-electron chi connectivity index (χ2n) is 2.17. The molecule has 0 unspecified atom stereocenters. The largest absolute Gasteiger partial charge is 0.412 e. The van der Waals surface area contributed by atoms with Crippen LogP contribution in [0, 0.1) is 0 Å². The van der Waals surface area contributed by atoms with Crippen molar-refractivity contribution in [1.29, 1.82) is 0 Å². The third-order valence-electron chi connectivity index (χ3n) is 0.512. The van der Waals surface area contributed by atoms with Gasteiger partial charge in [-0.2, -0.15) is 0 Å². The third kappa shape index (κ3) is 106. The number of hydrogen-bond acceptors (Lipinski definition) is 2. The van der Waals surface area contributed by atoms with E-state index in [2.05, 4.69) is 6.92 Å². The highest BCUT2D eigenvalue weighted by Gasteiger charge is 1.69. The fourth-order valence-electron chi connectivity index (χ4n) is 0.158. The summed E-state index contributed by atoms with van der Waals surface area (Å²) in [6, 6.07) is 0. The van der Waals surface area contributed by atoms with E-state index in [0.717, 1.165) is 12.8 Å². The number of rotatable bonds is 2. The van der Waals surface area contributed by atoms with Gasteiger partial charge >= 0.3 is 0 Å². The van der Waals surface area contributed by atoms with Gasteiger partial charge in [0.1, 0.15) is 0 Å². The molecule has 0 atom stereocenters. The first-order chi connectivity index (χ1) is 4.15. The highest BCUT2D eigenvalue weighted by atomic mass is 16.3. The third-order valence-corrected chi connectivity index (χ3v) is 0.512. The number of aliphatic hydroxyl groups excluding tert-OH is 2. The first kappa shape index (κ1) is 16.5. The molecule has 66 valence electrons. The number of hydrogen-bond donors (Lipinski definition) is 2. The van der Waals surface area contributed by atoms with Crippen LogP contribution in [0.15, 0.2) is 0 Å². The molecule has 0 aliphatic heterocycles. The van der Waals surface area contributed by atoms with E-state index in [-0.39, 0.29) is 11.6 Å². The van der Waals surface area contributed by atoms with Gasteiger partial charge in [0.05, 0.1) is 0 Å². The first-order valence-electron chi connectivity index (χ1n) is 3.44. The Morgan fingerprint density at radius 3 is 1.60 bits per heavy atom. The average Bonchev–Trinajstić information content (AvgIpc) is 1.66. The second-order valence-corrected chi connectivity index (χ2v) is 2.17. The van der Waals surface area contributed by atoms with E-state index in [9.17, 15) is 0 Å². The topological polar surface area (TPSA) is 72.0 Å². The van der Waals surface area contributed by atoms with Crippen molar-refractivity contribution < 1.29 is 15.7 Å². The van der Waals surface area contributed by atoms with E-state index in [1.165, 1.54) is 0 Å². The zero-order valence-electron chi connectivity index (χ0n) is 7.09. The van der Waals surface area contributed by atoms with E-state index in [1.54, 1.807) is 13.8 Å². The average molecular weight is 152 g/mol. The van der Waals surface area contributed by atoms with Crippen LogP contribution in [-0.2, 0) is 0 Å². The summed E-state index contributed by atoms with van der Waals surface area (Å²) in [6.07, 6.45) is 1.87. The van der Waals surface area contributed by atoms with Crippen LogP contribution in [0.4, 0.5) is 0 Å². The summed E-state index contributed by atoms with van der Waals surface area (Å²) in [5, 5.41) is 16.1. The maximum atomic E-state index is 8.07. The van der Waals surface area contributed by atoms with Crippen LogP contribution in [0.25, 0.3) is 0 Å². The smallest absolute Gasteiger partial charge is 0.0483 e. The summed E-state index contributed by atoms with van der Waals surface area (Å²) in [5.41, 5.74) is 0. The Balaban J connectivity index is -0.0000000910. The van der Waals surface area contributed by atoms with Gasteiger partial charge < -0.3 is 15.7 Å². The zero-order chi connectivity index (χ0) is 7.70. The van der Waals surface area contributed by atoms with Crippen LogP contribution < -0.4 is 0 Å². The molecule has 0 spiro atoms. The molecule has 0 saturated carbocycles. The summed E-state index contributed by atoms with van der Waals surface area (Å²) in [6.45, 7) is 5.84. The molecule has 0 aromatic carbocycles. The van der Waals surface area contributed by atoms with Crippen molar-refractivity contribution in [1.82, 2.24) is 0 Å². The molecular weight excluding hydrogens is 132 g/mol. The highest BCUT2D eigenvalue weighted by Crippen LogP contribution is 1.78.